The third-order valence-corrected chi connectivity index (χ3v) is 5.85. The minimum absolute atomic E-state index is 0.122. The van der Waals surface area contributed by atoms with E-state index in [9.17, 15) is 4.79 Å². The number of halogens is 2. The van der Waals surface area contributed by atoms with E-state index in [1.807, 2.05) is 18.2 Å². The van der Waals surface area contributed by atoms with Crippen molar-refractivity contribution in [3.05, 3.63) is 33.8 Å². The van der Waals surface area contributed by atoms with Gasteiger partial charge in [0.15, 0.2) is 0 Å². The number of hydrogen-bond donors (Lipinski definition) is 0. The molecule has 2 heterocycles. The van der Waals surface area contributed by atoms with E-state index >= 15 is 0 Å². The van der Waals surface area contributed by atoms with E-state index in [1.165, 1.54) is 7.11 Å². The summed E-state index contributed by atoms with van der Waals surface area (Å²) >= 11 is 12.2. The van der Waals surface area contributed by atoms with Crippen molar-refractivity contribution in [2.45, 2.75) is 37.3 Å². The number of esters is 1. The normalized spacial score (nSPS) is 32.2. The fourth-order valence-electron chi connectivity index (χ4n) is 4.01. The molecule has 0 saturated carbocycles. The van der Waals surface area contributed by atoms with E-state index in [-0.39, 0.29) is 23.8 Å². The standard InChI is InChI=1S/C16H19Cl2NO2/c1-19-10-4-6-14(19)15(16(20)21-2)11(8-10)9-3-5-12(17)13(18)7-9/h3,5,7,10-11,14-15H,4,6,8H2,1-2H3/t10?,11-,14?,15-/m1/s1. The summed E-state index contributed by atoms with van der Waals surface area (Å²) in [6.07, 6.45) is 3.16. The molecule has 1 aromatic carbocycles. The van der Waals surface area contributed by atoms with Crippen molar-refractivity contribution >= 4 is 29.2 Å². The maximum Gasteiger partial charge on any atom is 0.310 e. The lowest BCUT2D eigenvalue weighted by Crippen LogP contribution is -2.49. The van der Waals surface area contributed by atoms with Crippen molar-refractivity contribution in [2.75, 3.05) is 14.2 Å². The summed E-state index contributed by atoms with van der Waals surface area (Å²) in [5, 5.41) is 1.09. The molecule has 0 radical (unpaired) electrons. The third-order valence-electron chi connectivity index (χ3n) is 5.11. The van der Waals surface area contributed by atoms with Gasteiger partial charge < -0.3 is 4.74 Å². The predicted molar refractivity (Wildman–Crippen MR) is 83.9 cm³/mol. The average Bonchev–Trinajstić information content (AvgIpc) is 2.72. The van der Waals surface area contributed by atoms with Crippen molar-refractivity contribution in [2.24, 2.45) is 5.92 Å². The summed E-state index contributed by atoms with van der Waals surface area (Å²) in [4.78, 5) is 14.7. The van der Waals surface area contributed by atoms with Gasteiger partial charge in [0.25, 0.3) is 0 Å². The summed E-state index contributed by atoms with van der Waals surface area (Å²) in [6.45, 7) is 0. The first-order chi connectivity index (χ1) is 10.0. The number of benzene rings is 1. The van der Waals surface area contributed by atoms with Crippen LogP contribution in [-0.2, 0) is 9.53 Å². The van der Waals surface area contributed by atoms with Crippen molar-refractivity contribution in [3.8, 4) is 0 Å². The minimum atomic E-state index is -0.129. The molecule has 0 spiro atoms. The molecular formula is C16H19Cl2NO2. The Hall–Kier alpha value is -0.770. The van der Waals surface area contributed by atoms with E-state index in [2.05, 4.69) is 11.9 Å². The molecule has 4 atom stereocenters. The Morgan fingerprint density at radius 2 is 2.05 bits per heavy atom. The molecule has 3 nitrogen and oxygen atoms in total. The minimum Gasteiger partial charge on any atom is -0.469 e. The number of fused-ring (bicyclic) bond motifs is 2. The summed E-state index contributed by atoms with van der Waals surface area (Å²) in [6, 6.07) is 6.49. The van der Waals surface area contributed by atoms with Gasteiger partial charge in [-0.1, -0.05) is 29.3 Å². The van der Waals surface area contributed by atoms with Gasteiger partial charge in [-0.15, -0.1) is 0 Å². The molecular weight excluding hydrogens is 309 g/mol. The highest BCUT2D eigenvalue weighted by molar-refractivity contribution is 6.42. The van der Waals surface area contributed by atoms with Crippen LogP contribution >= 0.6 is 23.2 Å². The Labute approximate surface area is 135 Å². The molecule has 2 unspecified atom stereocenters. The summed E-state index contributed by atoms with van der Waals surface area (Å²) in [7, 11) is 3.58. The lowest BCUT2D eigenvalue weighted by Gasteiger charge is -2.41. The van der Waals surface area contributed by atoms with Crippen LogP contribution in [0.15, 0.2) is 18.2 Å². The number of methoxy groups -OCH3 is 1. The number of piperidine rings is 1. The molecule has 0 amide bonds. The van der Waals surface area contributed by atoms with Gasteiger partial charge >= 0.3 is 5.97 Å². The molecule has 2 bridgehead atoms. The Kier molecular flexibility index (Phi) is 4.17. The fraction of sp³-hybridized carbons (Fsp3) is 0.562. The van der Waals surface area contributed by atoms with Gasteiger partial charge in [-0.3, -0.25) is 9.69 Å². The van der Waals surface area contributed by atoms with Gasteiger partial charge in [-0.05, 0) is 44.0 Å². The maximum absolute atomic E-state index is 12.3. The number of rotatable bonds is 2. The van der Waals surface area contributed by atoms with Gasteiger partial charge in [-0.2, -0.15) is 0 Å². The lowest BCUT2D eigenvalue weighted by atomic mass is 9.76. The van der Waals surface area contributed by atoms with Crippen LogP contribution in [0.5, 0.6) is 0 Å². The molecule has 21 heavy (non-hydrogen) atoms. The van der Waals surface area contributed by atoms with E-state index in [4.69, 9.17) is 27.9 Å². The van der Waals surface area contributed by atoms with E-state index < -0.39 is 0 Å². The van der Waals surface area contributed by atoms with Crippen LogP contribution in [0, 0.1) is 5.92 Å². The zero-order chi connectivity index (χ0) is 15.1. The van der Waals surface area contributed by atoms with Crippen LogP contribution in [0.2, 0.25) is 10.0 Å². The molecule has 3 rings (SSSR count). The highest BCUT2D eigenvalue weighted by Crippen LogP contribution is 2.47. The first kappa shape index (κ1) is 15.1. The van der Waals surface area contributed by atoms with Crippen molar-refractivity contribution in [3.63, 3.8) is 0 Å². The van der Waals surface area contributed by atoms with Gasteiger partial charge in [0.05, 0.1) is 23.1 Å². The largest absolute Gasteiger partial charge is 0.469 e. The number of hydrogen-bond acceptors (Lipinski definition) is 3. The third kappa shape index (κ3) is 2.56. The Morgan fingerprint density at radius 1 is 1.29 bits per heavy atom. The highest BCUT2D eigenvalue weighted by atomic mass is 35.5. The quantitative estimate of drug-likeness (QED) is 0.775. The number of ether oxygens (including phenoxy) is 1. The fourth-order valence-corrected chi connectivity index (χ4v) is 4.32. The van der Waals surface area contributed by atoms with Crippen molar-refractivity contribution < 1.29 is 9.53 Å². The predicted octanol–water partition coefficient (Wildman–Crippen LogP) is 3.73. The average molecular weight is 328 g/mol. The first-order valence-corrected chi connectivity index (χ1v) is 8.03. The summed E-state index contributed by atoms with van der Waals surface area (Å²) in [5.41, 5.74) is 1.09. The number of carbonyl (C=O) groups excluding carboxylic acids is 1. The zero-order valence-corrected chi connectivity index (χ0v) is 13.7. The maximum atomic E-state index is 12.3. The van der Waals surface area contributed by atoms with Crippen molar-refractivity contribution in [1.82, 2.24) is 4.90 Å². The van der Waals surface area contributed by atoms with Crippen molar-refractivity contribution in [1.29, 1.82) is 0 Å². The molecule has 114 valence electrons. The van der Waals surface area contributed by atoms with Crippen LogP contribution in [0.4, 0.5) is 0 Å². The molecule has 0 aliphatic carbocycles. The molecule has 0 N–H and O–H groups in total. The molecule has 5 heteroatoms. The van der Waals surface area contributed by atoms with E-state index in [1.54, 1.807) is 0 Å². The Balaban J connectivity index is 1.98. The van der Waals surface area contributed by atoms with E-state index in [0.717, 1.165) is 24.8 Å². The monoisotopic (exact) mass is 327 g/mol. The molecule has 2 fully saturated rings. The second-order valence-corrected chi connectivity index (χ2v) is 6.84. The topological polar surface area (TPSA) is 29.5 Å². The second kappa shape index (κ2) is 5.79. The number of carbonyl (C=O) groups is 1. The summed E-state index contributed by atoms with van der Waals surface area (Å²) < 4.78 is 5.07. The van der Waals surface area contributed by atoms with E-state index in [0.29, 0.717) is 16.1 Å². The number of nitrogens with zero attached hydrogens (tertiary/aromatic N) is 1. The van der Waals surface area contributed by atoms with Crippen LogP contribution in [-0.4, -0.2) is 37.1 Å². The first-order valence-electron chi connectivity index (χ1n) is 7.27. The van der Waals surface area contributed by atoms with Gasteiger partial charge in [0.1, 0.15) is 0 Å². The highest BCUT2D eigenvalue weighted by Gasteiger charge is 2.49. The van der Waals surface area contributed by atoms with Crippen LogP contribution < -0.4 is 0 Å². The molecule has 0 aromatic heterocycles. The van der Waals surface area contributed by atoms with Gasteiger partial charge in [-0.25, -0.2) is 0 Å². The van der Waals surface area contributed by atoms with Gasteiger partial charge in [0, 0.05) is 18.0 Å². The Bertz CT molecular complexity index is 563. The molecule has 1 aromatic rings. The summed E-state index contributed by atoms with van der Waals surface area (Å²) in [5.74, 6) is -0.0971. The zero-order valence-electron chi connectivity index (χ0n) is 12.2. The lowest BCUT2D eigenvalue weighted by molar-refractivity contribution is -0.150. The van der Waals surface area contributed by atoms with Gasteiger partial charge in [0.2, 0.25) is 0 Å². The smallest absolute Gasteiger partial charge is 0.310 e. The molecule has 2 aliphatic heterocycles. The second-order valence-electron chi connectivity index (χ2n) is 6.03. The SMILES string of the molecule is COC(=O)[C@H]1C2CCC(C[C@@H]1c1ccc(Cl)c(Cl)c1)N2C. The molecule has 2 saturated heterocycles. The Morgan fingerprint density at radius 3 is 2.71 bits per heavy atom. The molecule has 2 aliphatic rings. The van der Waals surface area contributed by atoms with Crippen LogP contribution in [0.25, 0.3) is 0 Å². The van der Waals surface area contributed by atoms with Crippen LogP contribution in [0.1, 0.15) is 30.7 Å². The van der Waals surface area contributed by atoms with Crippen LogP contribution in [0.3, 0.4) is 0 Å².